The van der Waals surface area contributed by atoms with Crippen LogP contribution < -0.4 is 0 Å². The fourth-order valence-electron chi connectivity index (χ4n) is 4.63. The van der Waals surface area contributed by atoms with E-state index in [1.165, 1.54) is 12.1 Å². The van der Waals surface area contributed by atoms with Gasteiger partial charge in [-0.05, 0) is 59.5 Å². The fourth-order valence-corrected chi connectivity index (χ4v) is 5.27. The van der Waals surface area contributed by atoms with Gasteiger partial charge in [-0.25, -0.2) is 8.78 Å². The third-order valence-corrected chi connectivity index (χ3v) is 7.25. The number of aliphatic hydroxyl groups is 1. The lowest BCUT2D eigenvalue weighted by atomic mass is 9.95. The number of benzene rings is 1. The van der Waals surface area contributed by atoms with E-state index in [-0.39, 0.29) is 40.9 Å². The summed E-state index contributed by atoms with van der Waals surface area (Å²) >= 11 is 8.67. The quantitative estimate of drug-likeness (QED) is 0.532. The zero-order valence-corrected chi connectivity index (χ0v) is 18.4. The Labute approximate surface area is 181 Å². The molecule has 2 aromatic rings. The molecule has 156 valence electrons. The van der Waals surface area contributed by atoms with E-state index in [1.54, 1.807) is 4.90 Å². The minimum atomic E-state index is -0.587. The van der Waals surface area contributed by atoms with Gasteiger partial charge in [-0.15, -0.1) is 0 Å². The zero-order valence-electron chi connectivity index (χ0n) is 16.0. The van der Waals surface area contributed by atoms with Crippen LogP contribution in [0.25, 0.3) is 0 Å². The molecular formula is C20H22BrF2N3O2S. The van der Waals surface area contributed by atoms with Gasteiger partial charge in [-0.1, -0.05) is 0 Å². The van der Waals surface area contributed by atoms with E-state index in [0.717, 1.165) is 24.2 Å². The van der Waals surface area contributed by atoms with Crippen LogP contribution in [0.4, 0.5) is 8.78 Å². The van der Waals surface area contributed by atoms with Crippen molar-refractivity contribution in [2.24, 2.45) is 7.05 Å². The predicted molar refractivity (Wildman–Crippen MR) is 110 cm³/mol. The summed E-state index contributed by atoms with van der Waals surface area (Å²) in [5.74, 6) is -1.59. The van der Waals surface area contributed by atoms with Gasteiger partial charge in [0, 0.05) is 43.0 Å². The number of likely N-dealkylation sites (tertiary alicyclic amines) is 1. The van der Waals surface area contributed by atoms with E-state index >= 15 is 0 Å². The molecule has 1 N–H and O–H groups in total. The average molecular weight is 486 g/mol. The Balaban J connectivity index is 1.64. The summed E-state index contributed by atoms with van der Waals surface area (Å²) in [4.78, 5) is 14.6. The molecule has 2 atom stereocenters. The van der Waals surface area contributed by atoms with Crippen LogP contribution in [0.3, 0.4) is 0 Å². The van der Waals surface area contributed by atoms with Gasteiger partial charge in [0.25, 0.3) is 0 Å². The summed E-state index contributed by atoms with van der Waals surface area (Å²) < 4.78 is 33.5. The zero-order chi connectivity index (χ0) is 20.9. The SMILES string of the molecule is Cn1c(CC(=O)N2CCCC2CO)c2n(c1=S)CC(c1c(F)ccc(Br)c1F)C2. The van der Waals surface area contributed by atoms with Crippen molar-refractivity contribution in [3.05, 3.63) is 50.0 Å². The highest BCUT2D eigenvalue weighted by Gasteiger charge is 2.34. The number of carbonyl (C=O) groups is 1. The number of rotatable bonds is 4. The van der Waals surface area contributed by atoms with E-state index in [0.29, 0.717) is 24.3 Å². The van der Waals surface area contributed by atoms with Gasteiger partial charge in [-0.3, -0.25) is 4.79 Å². The molecule has 3 heterocycles. The monoisotopic (exact) mass is 485 g/mol. The number of carbonyl (C=O) groups excluding carboxylic acids is 1. The Hall–Kier alpha value is -1.58. The van der Waals surface area contributed by atoms with Crippen LogP contribution in [0.1, 0.15) is 35.7 Å². The van der Waals surface area contributed by atoms with E-state index < -0.39 is 11.6 Å². The number of hydrogen-bond acceptors (Lipinski definition) is 3. The third-order valence-electron chi connectivity index (χ3n) is 6.14. The van der Waals surface area contributed by atoms with E-state index in [9.17, 15) is 18.7 Å². The van der Waals surface area contributed by atoms with Crippen LogP contribution in [-0.4, -0.2) is 44.2 Å². The van der Waals surface area contributed by atoms with Crippen LogP contribution >= 0.6 is 28.1 Å². The molecule has 9 heteroatoms. The molecule has 0 bridgehead atoms. The van der Waals surface area contributed by atoms with Gasteiger partial charge in [0.05, 0.1) is 23.5 Å². The molecule has 1 amide bonds. The van der Waals surface area contributed by atoms with Gasteiger partial charge in [0.15, 0.2) is 4.77 Å². The molecule has 0 spiro atoms. The highest BCUT2D eigenvalue weighted by Crippen LogP contribution is 2.37. The summed E-state index contributed by atoms with van der Waals surface area (Å²) in [5, 5.41) is 9.51. The van der Waals surface area contributed by atoms with Crippen molar-refractivity contribution in [1.29, 1.82) is 0 Å². The second-order valence-electron chi connectivity index (χ2n) is 7.75. The highest BCUT2D eigenvalue weighted by atomic mass is 79.9. The van der Waals surface area contributed by atoms with Crippen molar-refractivity contribution in [3.63, 3.8) is 0 Å². The Morgan fingerprint density at radius 3 is 2.86 bits per heavy atom. The van der Waals surface area contributed by atoms with Gasteiger partial charge < -0.3 is 19.1 Å². The fraction of sp³-hybridized carbons (Fsp3) is 0.500. The van der Waals surface area contributed by atoms with Gasteiger partial charge in [-0.2, -0.15) is 0 Å². The molecule has 2 aliphatic rings. The molecule has 0 saturated carbocycles. The van der Waals surface area contributed by atoms with E-state index in [2.05, 4.69) is 15.9 Å². The van der Waals surface area contributed by atoms with Crippen molar-refractivity contribution in [2.75, 3.05) is 13.2 Å². The summed E-state index contributed by atoms with van der Waals surface area (Å²) in [5.41, 5.74) is 1.69. The molecule has 0 aliphatic carbocycles. The van der Waals surface area contributed by atoms with Crippen molar-refractivity contribution in [1.82, 2.24) is 14.0 Å². The topological polar surface area (TPSA) is 50.4 Å². The maximum atomic E-state index is 14.6. The Morgan fingerprint density at radius 2 is 2.14 bits per heavy atom. The number of imidazole rings is 1. The summed E-state index contributed by atoms with van der Waals surface area (Å²) in [7, 11) is 1.82. The molecule has 1 aromatic heterocycles. The maximum absolute atomic E-state index is 14.6. The predicted octanol–water partition coefficient (Wildman–Crippen LogP) is 3.46. The largest absolute Gasteiger partial charge is 0.394 e. The third kappa shape index (κ3) is 3.47. The number of fused-ring (bicyclic) bond motifs is 1. The first-order chi connectivity index (χ1) is 13.8. The average Bonchev–Trinajstić information content (AvgIpc) is 3.39. The number of amides is 1. The number of hydrogen-bond donors (Lipinski definition) is 1. The lowest BCUT2D eigenvalue weighted by Crippen LogP contribution is -2.38. The van der Waals surface area contributed by atoms with Crippen molar-refractivity contribution in [2.45, 2.75) is 44.2 Å². The molecule has 4 rings (SSSR count). The lowest BCUT2D eigenvalue weighted by molar-refractivity contribution is -0.132. The van der Waals surface area contributed by atoms with Crippen molar-refractivity contribution >= 4 is 34.1 Å². The first-order valence-corrected chi connectivity index (χ1v) is 10.8. The number of aliphatic hydroxyl groups excluding tert-OH is 1. The van der Waals surface area contributed by atoms with Crippen LogP contribution in [-0.2, 0) is 31.2 Å². The first kappa shape index (κ1) is 20.7. The molecule has 2 unspecified atom stereocenters. The number of aromatic nitrogens is 2. The minimum Gasteiger partial charge on any atom is -0.394 e. The summed E-state index contributed by atoms with van der Waals surface area (Å²) in [6, 6.07) is 2.49. The van der Waals surface area contributed by atoms with Crippen molar-refractivity contribution < 1.29 is 18.7 Å². The van der Waals surface area contributed by atoms with E-state index in [1.807, 2.05) is 16.2 Å². The first-order valence-electron chi connectivity index (χ1n) is 9.64. The van der Waals surface area contributed by atoms with Gasteiger partial charge in [0.1, 0.15) is 11.6 Å². The van der Waals surface area contributed by atoms with Crippen LogP contribution in [0.5, 0.6) is 0 Å². The molecule has 1 aromatic carbocycles. The summed E-state index contributed by atoms with van der Waals surface area (Å²) in [6.07, 6.45) is 2.26. The molecule has 5 nitrogen and oxygen atoms in total. The van der Waals surface area contributed by atoms with Crippen molar-refractivity contribution in [3.8, 4) is 0 Å². The Kier molecular flexibility index (Phi) is 5.65. The highest BCUT2D eigenvalue weighted by molar-refractivity contribution is 9.10. The second-order valence-corrected chi connectivity index (χ2v) is 8.97. The molecule has 1 fully saturated rings. The lowest BCUT2D eigenvalue weighted by Gasteiger charge is -2.23. The number of halogens is 3. The molecule has 1 saturated heterocycles. The second kappa shape index (κ2) is 7.92. The molecular weight excluding hydrogens is 464 g/mol. The van der Waals surface area contributed by atoms with Gasteiger partial charge in [0.2, 0.25) is 5.91 Å². The van der Waals surface area contributed by atoms with E-state index in [4.69, 9.17) is 12.2 Å². The Morgan fingerprint density at radius 1 is 1.38 bits per heavy atom. The van der Waals surface area contributed by atoms with Crippen LogP contribution in [0, 0.1) is 16.4 Å². The maximum Gasteiger partial charge on any atom is 0.228 e. The Bertz CT molecular complexity index is 1040. The minimum absolute atomic E-state index is 0.0401. The summed E-state index contributed by atoms with van der Waals surface area (Å²) in [6.45, 7) is 0.979. The molecule has 29 heavy (non-hydrogen) atoms. The van der Waals surface area contributed by atoms with Crippen LogP contribution in [0.2, 0.25) is 0 Å². The smallest absolute Gasteiger partial charge is 0.228 e. The van der Waals surface area contributed by atoms with Gasteiger partial charge >= 0.3 is 0 Å². The molecule has 2 aliphatic heterocycles. The molecule has 0 radical (unpaired) electrons. The van der Waals surface area contributed by atoms with Crippen LogP contribution in [0.15, 0.2) is 16.6 Å². The standard InChI is InChI=1S/C20H22BrF2N3O2S/c1-24-15(8-17(28)25-6-2-3-12(25)10-27)16-7-11(9-26(16)20(24)29)18-14(22)5-4-13(21)19(18)23/h4-5,11-12,27H,2-3,6-10H2,1H3. The normalized spacial score (nSPS) is 21.1. The number of nitrogens with zero attached hydrogens (tertiary/aromatic N) is 3.